The molecule has 1 aliphatic rings. The minimum absolute atomic E-state index is 0.150. The van der Waals surface area contributed by atoms with Crippen molar-refractivity contribution >= 4 is 5.97 Å². The van der Waals surface area contributed by atoms with E-state index in [0.717, 1.165) is 6.42 Å². The van der Waals surface area contributed by atoms with Crippen LogP contribution in [0, 0.1) is 5.92 Å². The highest BCUT2D eigenvalue weighted by molar-refractivity contribution is 5.71. The summed E-state index contributed by atoms with van der Waals surface area (Å²) in [5.74, 6) is 0.0332. The van der Waals surface area contributed by atoms with Crippen LogP contribution in [0.2, 0.25) is 0 Å². The lowest BCUT2D eigenvalue weighted by Gasteiger charge is -2.16. The van der Waals surface area contributed by atoms with Gasteiger partial charge < -0.3 is 9.47 Å². The van der Waals surface area contributed by atoms with Gasteiger partial charge >= 0.3 is 5.97 Å². The third-order valence-corrected chi connectivity index (χ3v) is 2.72. The molecular formula is C11H18O3. The van der Waals surface area contributed by atoms with Crippen LogP contribution >= 0.6 is 0 Å². The van der Waals surface area contributed by atoms with Crippen molar-refractivity contribution in [3.8, 4) is 0 Å². The second-order valence-electron chi connectivity index (χ2n) is 4.04. The molecular weight excluding hydrogens is 180 g/mol. The van der Waals surface area contributed by atoms with E-state index < -0.39 is 0 Å². The van der Waals surface area contributed by atoms with Crippen LogP contribution in [0.3, 0.4) is 0 Å². The first-order valence-corrected chi connectivity index (χ1v) is 4.89. The summed E-state index contributed by atoms with van der Waals surface area (Å²) < 4.78 is 10.1. The maximum Gasteiger partial charge on any atom is 0.308 e. The molecule has 3 heteroatoms. The maximum absolute atomic E-state index is 11.1. The van der Waals surface area contributed by atoms with Crippen LogP contribution in [0.1, 0.15) is 33.6 Å². The van der Waals surface area contributed by atoms with Crippen molar-refractivity contribution < 1.29 is 14.3 Å². The van der Waals surface area contributed by atoms with E-state index in [9.17, 15) is 4.79 Å². The van der Waals surface area contributed by atoms with Crippen molar-refractivity contribution in [3.05, 3.63) is 11.1 Å². The number of rotatable bonds is 3. The van der Waals surface area contributed by atoms with Gasteiger partial charge in [0.15, 0.2) is 0 Å². The molecule has 14 heavy (non-hydrogen) atoms. The predicted molar refractivity (Wildman–Crippen MR) is 53.7 cm³/mol. The molecule has 1 heterocycles. The van der Waals surface area contributed by atoms with E-state index in [4.69, 9.17) is 9.47 Å². The third-order valence-electron chi connectivity index (χ3n) is 2.72. The average Bonchev–Trinajstić information content (AvgIpc) is 2.45. The quantitative estimate of drug-likeness (QED) is 0.515. The Morgan fingerprint density at radius 1 is 1.50 bits per heavy atom. The molecule has 0 amide bonds. The Kier molecular flexibility index (Phi) is 3.69. The Morgan fingerprint density at radius 3 is 2.64 bits per heavy atom. The van der Waals surface area contributed by atoms with Crippen molar-refractivity contribution in [3.63, 3.8) is 0 Å². The summed E-state index contributed by atoms with van der Waals surface area (Å²) in [5.41, 5.74) is 2.62. The number of esters is 1. The number of allylic oxidation sites excluding steroid dienone is 2. The largest absolute Gasteiger partial charge is 0.435 e. The van der Waals surface area contributed by atoms with Gasteiger partial charge in [-0.1, -0.05) is 11.1 Å². The Morgan fingerprint density at radius 2 is 2.14 bits per heavy atom. The molecule has 2 unspecified atom stereocenters. The van der Waals surface area contributed by atoms with Gasteiger partial charge in [0.1, 0.15) is 0 Å². The van der Waals surface area contributed by atoms with Gasteiger partial charge in [-0.05, 0) is 27.2 Å². The highest BCUT2D eigenvalue weighted by Crippen LogP contribution is 2.29. The van der Waals surface area contributed by atoms with Crippen molar-refractivity contribution in [1.82, 2.24) is 0 Å². The predicted octanol–water partition coefficient (Wildman–Crippen LogP) is 2.27. The molecule has 0 aliphatic carbocycles. The smallest absolute Gasteiger partial charge is 0.308 e. The normalized spacial score (nSPS) is 26.1. The summed E-state index contributed by atoms with van der Waals surface area (Å²) >= 11 is 0. The van der Waals surface area contributed by atoms with Gasteiger partial charge in [-0.2, -0.15) is 0 Å². The van der Waals surface area contributed by atoms with Gasteiger partial charge in [0.2, 0.25) is 6.29 Å². The molecule has 2 atom stereocenters. The number of cyclic esters (lactones) is 1. The molecule has 0 N–H and O–H groups in total. The van der Waals surface area contributed by atoms with E-state index in [1.807, 2.05) is 0 Å². The zero-order valence-corrected chi connectivity index (χ0v) is 9.29. The molecule has 3 nitrogen and oxygen atoms in total. The van der Waals surface area contributed by atoms with Gasteiger partial charge in [0.05, 0.1) is 6.42 Å². The molecule has 0 spiro atoms. The summed E-state index contributed by atoms with van der Waals surface area (Å²) in [5, 5.41) is 0. The lowest BCUT2D eigenvalue weighted by molar-refractivity contribution is -0.161. The van der Waals surface area contributed by atoms with E-state index in [0.29, 0.717) is 6.42 Å². The van der Waals surface area contributed by atoms with Gasteiger partial charge in [-0.3, -0.25) is 4.79 Å². The zero-order valence-electron chi connectivity index (χ0n) is 9.29. The van der Waals surface area contributed by atoms with Crippen LogP contribution in [-0.2, 0) is 14.3 Å². The van der Waals surface area contributed by atoms with Crippen LogP contribution in [0.4, 0.5) is 0 Å². The molecule has 0 aromatic carbocycles. The fourth-order valence-corrected chi connectivity index (χ4v) is 1.59. The summed E-state index contributed by atoms with van der Waals surface area (Å²) in [7, 11) is 1.58. The first kappa shape index (κ1) is 11.2. The SMILES string of the molecule is COC1OC(=O)CC1CC(C)=C(C)C. The molecule has 0 radical (unpaired) electrons. The Hall–Kier alpha value is -0.830. The summed E-state index contributed by atoms with van der Waals surface area (Å²) in [6.45, 7) is 6.24. The number of hydrogen-bond donors (Lipinski definition) is 0. The molecule has 1 saturated heterocycles. The van der Waals surface area contributed by atoms with E-state index in [1.165, 1.54) is 11.1 Å². The molecule has 80 valence electrons. The topological polar surface area (TPSA) is 35.5 Å². The molecule has 1 fully saturated rings. The van der Waals surface area contributed by atoms with E-state index in [1.54, 1.807) is 7.11 Å². The van der Waals surface area contributed by atoms with E-state index in [2.05, 4.69) is 20.8 Å². The lowest BCUT2D eigenvalue weighted by Crippen LogP contribution is -2.18. The van der Waals surface area contributed by atoms with Crippen molar-refractivity contribution in [2.24, 2.45) is 5.92 Å². The number of hydrogen-bond acceptors (Lipinski definition) is 3. The van der Waals surface area contributed by atoms with Gasteiger partial charge in [0.25, 0.3) is 0 Å². The average molecular weight is 198 g/mol. The monoisotopic (exact) mass is 198 g/mol. The summed E-state index contributed by atoms with van der Waals surface area (Å²) in [4.78, 5) is 11.1. The second kappa shape index (κ2) is 4.60. The highest BCUT2D eigenvalue weighted by Gasteiger charge is 2.34. The van der Waals surface area contributed by atoms with Crippen molar-refractivity contribution in [2.45, 2.75) is 39.9 Å². The Bertz CT molecular complexity index is 251. The number of methoxy groups -OCH3 is 1. The maximum atomic E-state index is 11.1. The van der Waals surface area contributed by atoms with Gasteiger partial charge in [-0.15, -0.1) is 0 Å². The van der Waals surface area contributed by atoms with Crippen LogP contribution in [0.5, 0.6) is 0 Å². The van der Waals surface area contributed by atoms with Crippen LogP contribution < -0.4 is 0 Å². The van der Waals surface area contributed by atoms with Crippen molar-refractivity contribution in [1.29, 1.82) is 0 Å². The lowest BCUT2D eigenvalue weighted by atomic mass is 9.96. The van der Waals surface area contributed by atoms with Crippen LogP contribution in [0.15, 0.2) is 11.1 Å². The molecule has 0 bridgehead atoms. The standard InChI is InChI=1S/C11H18O3/c1-7(2)8(3)5-9-6-10(12)14-11(9)13-4/h9,11H,5-6H2,1-4H3. The fraction of sp³-hybridized carbons (Fsp3) is 0.727. The third kappa shape index (κ3) is 2.58. The minimum Gasteiger partial charge on any atom is -0.435 e. The van der Waals surface area contributed by atoms with E-state index in [-0.39, 0.29) is 18.2 Å². The summed E-state index contributed by atoms with van der Waals surface area (Å²) in [6, 6.07) is 0. The molecule has 1 aliphatic heterocycles. The van der Waals surface area contributed by atoms with E-state index >= 15 is 0 Å². The molecule has 0 aromatic heterocycles. The molecule has 1 rings (SSSR count). The Labute approximate surface area is 85.1 Å². The second-order valence-corrected chi connectivity index (χ2v) is 4.04. The fourth-order valence-electron chi connectivity index (χ4n) is 1.59. The van der Waals surface area contributed by atoms with Crippen molar-refractivity contribution in [2.75, 3.05) is 7.11 Å². The molecule has 0 aromatic rings. The van der Waals surface area contributed by atoms with Crippen LogP contribution in [0.25, 0.3) is 0 Å². The van der Waals surface area contributed by atoms with Gasteiger partial charge in [-0.25, -0.2) is 0 Å². The minimum atomic E-state index is -0.350. The van der Waals surface area contributed by atoms with Crippen LogP contribution in [-0.4, -0.2) is 19.4 Å². The molecule has 0 saturated carbocycles. The zero-order chi connectivity index (χ0) is 10.7. The summed E-state index contributed by atoms with van der Waals surface area (Å²) in [6.07, 6.45) is 1.01. The first-order chi connectivity index (χ1) is 6.54. The highest BCUT2D eigenvalue weighted by atomic mass is 16.7. The number of carbonyl (C=O) groups excluding carboxylic acids is 1. The van der Waals surface area contributed by atoms with Gasteiger partial charge in [0, 0.05) is 13.0 Å². The first-order valence-electron chi connectivity index (χ1n) is 4.89. The number of carbonyl (C=O) groups is 1. The Balaban J connectivity index is 2.60. The number of ether oxygens (including phenoxy) is 2.